The highest BCUT2D eigenvalue weighted by atomic mass is 35.5. The van der Waals surface area contributed by atoms with E-state index < -0.39 is 0 Å². The molecule has 2 aromatic rings. The normalized spacial score (nSPS) is 9.68. The molecule has 2 rings (SSSR count). The first-order valence-corrected chi connectivity index (χ1v) is 5.85. The fourth-order valence-corrected chi connectivity index (χ4v) is 1.78. The molecule has 3 N–H and O–H groups in total. The van der Waals surface area contributed by atoms with Gasteiger partial charge in [0, 0.05) is 10.7 Å². The zero-order chi connectivity index (χ0) is 13.8. The van der Waals surface area contributed by atoms with Gasteiger partial charge in [0.25, 0.3) is 5.91 Å². The van der Waals surface area contributed by atoms with Gasteiger partial charge in [0.05, 0.1) is 16.8 Å². The summed E-state index contributed by atoms with van der Waals surface area (Å²) in [5.41, 5.74) is 7.16. The Morgan fingerprint density at radius 1 is 1.26 bits per heavy atom. The van der Waals surface area contributed by atoms with Gasteiger partial charge in [0.15, 0.2) is 0 Å². The zero-order valence-corrected chi connectivity index (χ0v) is 10.6. The van der Waals surface area contributed by atoms with Crippen LogP contribution in [0.15, 0.2) is 42.5 Å². The van der Waals surface area contributed by atoms with Gasteiger partial charge in [-0.2, -0.15) is 5.26 Å². The number of para-hydroxylation sites is 1. The highest BCUT2D eigenvalue weighted by Gasteiger charge is 2.11. The average Bonchev–Trinajstić information content (AvgIpc) is 2.39. The van der Waals surface area contributed by atoms with Gasteiger partial charge < -0.3 is 11.1 Å². The molecule has 0 aliphatic rings. The van der Waals surface area contributed by atoms with Crippen LogP contribution in [0.5, 0.6) is 0 Å². The summed E-state index contributed by atoms with van der Waals surface area (Å²) < 4.78 is 0. The van der Waals surface area contributed by atoms with Gasteiger partial charge in [0.2, 0.25) is 0 Å². The summed E-state index contributed by atoms with van der Waals surface area (Å²) in [5.74, 6) is -0.378. The summed E-state index contributed by atoms with van der Waals surface area (Å²) in [5, 5.41) is 12.1. The summed E-state index contributed by atoms with van der Waals surface area (Å²) >= 11 is 5.85. The standard InChI is InChI=1S/C14H10ClN3O/c15-10-6-5-9(8-16)13(7-10)18-14(19)11-3-1-2-4-12(11)17/h1-7H,17H2,(H,18,19). The fraction of sp³-hybridized carbons (Fsp3) is 0. The van der Waals surface area contributed by atoms with Crippen molar-refractivity contribution >= 4 is 28.9 Å². The van der Waals surface area contributed by atoms with Crippen molar-refractivity contribution in [1.29, 1.82) is 5.26 Å². The Labute approximate surface area is 115 Å². The van der Waals surface area contributed by atoms with Crippen molar-refractivity contribution in [3.63, 3.8) is 0 Å². The number of nitriles is 1. The number of benzene rings is 2. The molecule has 5 heteroatoms. The topological polar surface area (TPSA) is 78.9 Å². The molecule has 0 saturated carbocycles. The van der Waals surface area contributed by atoms with E-state index in [1.54, 1.807) is 36.4 Å². The van der Waals surface area contributed by atoms with Crippen molar-refractivity contribution in [3.05, 3.63) is 58.6 Å². The van der Waals surface area contributed by atoms with E-state index in [-0.39, 0.29) is 5.91 Å². The Morgan fingerprint density at radius 3 is 2.68 bits per heavy atom. The smallest absolute Gasteiger partial charge is 0.257 e. The van der Waals surface area contributed by atoms with Gasteiger partial charge in [0.1, 0.15) is 6.07 Å². The highest BCUT2D eigenvalue weighted by molar-refractivity contribution is 6.31. The van der Waals surface area contributed by atoms with Gasteiger partial charge in [-0.1, -0.05) is 23.7 Å². The number of nitrogens with one attached hydrogen (secondary N) is 1. The lowest BCUT2D eigenvalue weighted by molar-refractivity contribution is 0.102. The molecule has 0 aliphatic carbocycles. The first-order valence-electron chi connectivity index (χ1n) is 5.47. The molecule has 94 valence electrons. The maximum absolute atomic E-state index is 12.1. The molecule has 0 unspecified atom stereocenters. The van der Waals surface area contributed by atoms with E-state index in [4.69, 9.17) is 22.6 Å². The van der Waals surface area contributed by atoms with Crippen LogP contribution >= 0.6 is 11.6 Å². The van der Waals surface area contributed by atoms with Crippen LogP contribution in [-0.2, 0) is 0 Å². The first kappa shape index (κ1) is 12.9. The van der Waals surface area contributed by atoms with Gasteiger partial charge in [-0.25, -0.2) is 0 Å². The predicted octanol–water partition coefficient (Wildman–Crippen LogP) is 3.05. The SMILES string of the molecule is N#Cc1ccc(Cl)cc1NC(=O)c1ccccc1N. The van der Waals surface area contributed by atoms with E-state index >= 15 is 0 Å². The van der Waals surface area contributed by atoms with Crippen LogP contribution in [0.4, 0.5) is 11.4 Å². The fourth-order valence-electron chi connectivity index (χ4n) is 1.61. The van der Waals surface area contributed by atoms with E-state index in [1.165, 1.54) is 6.07 Å². The van der Waals surface area contributed by atoms with Gasteiger partial charge in [-0.3, -0.25) is 4.79 Å². The number of carbonyl (C=O) groups is 1. The second-order valence-electron chi connectivity index (χ2n) is 3.84. The van der Waals surface area contributed by atoms with E-state index in [1.807, 2.05) is 6.07 Å². The molecule has 19 heavy (non-hydrogen) atoms. The Morgan fingerprint density at radius 2 is 2.00 bits per heavy atom. The summed E-state index contributed by atoms with van der Waals surface area (Å²) in [6, 6.07) is 13.4. The third kappa shape index (κ3) is 2.84. The first-order chi connectivity index (χ1) is 9.11. The van der Waals surface area contributed by atoms with Crippen molar-refractivity contribution in [2.45, 2.75) is 0 Å². The number of nitrogens with two attached hydrogens (primary N) is 1. The minimum absolute atomic E-state index is 0.340. The molecule has 2 aromatic carbocycles. The number of hydrogen-bond donors (Lipinski definition) is 2. The molecule has 0 spiro atoms. The van der Waals surface area contributed by atoms with Crippen molar-refractivity contribution in [2.24, 2.45) is 0 Å². The summed E-state index contributed by atoms with van der Waals surface area (Å²) in [6.07, 6.45) is 0. The molecule has 0 aromatic heterocycles. The van der Waals surface area contributed by atoms with Crippen LogP contribution in [0.25, 0.3) is 0 Å². The number of amides is 1. The lowest BCUT2D eigenvalue weighted by Crippen LogP contribution is -2.14. The Balaban J connectivity index is 2.32. The van der Waals surface area contributed by atoms with Crippen LogP contribution in [0.3, 0.4) is 0 Å². The molecular weight excluding hydrogens is 262 g/mol. The maximum Gasteiger partial charge on any atom is 0.257 e. The molecule has 0 heterocycles. The molecule has 4 nitrogen and oxygen atoms in total. The van der Waals surface area contributed by atoms with Gasteiger partial charge in [-0.05, 0) is 30.3 Å². The maximum atomic E-state index is 12.1. The second kappa shape index (κ2) is 5.42. The van der Waals surface area contributed by atoms with E-state index in [2.05, 4.69) is 5.32 Å². The average molecular weight is 272 g/mol. The number of carbonyl (C=O) groups excluding carboxylic acids is 1. The number of hydrogen-bond acceptors (Lipinski definition) is 3. The minimum atomic E-state index is -0.378. The number of nitrogen functional groups attached to an aromatic ring is 1. The predicted molar refractivity (Wildman–Crippen MR) is 75.0 cm³/mol. The van der Waals surface area contributed by atoms with E-state index in [9.17, 15) is 4.79 Å². The summed E-state index contributed by atoms with van der Waals surface area (Å²) in [7, 11) is 0. The molecule has 0 fully saturated rings. The molecule has 0 aliphatic heterocycles. The number of anilines is 2. The van der Waals surface area contributed by atoms with E-state index in [0.29, 0.717) is 27.5 Å². The molecule has 0 bridgehead atoms. The van der Waals surface area contributed by atoms with Crippen molar-refractivity contribution in [3.8, 4) is 6.07 Å². The summed E-state index contributed by atoms with van der Waals surface area (Å²) in [4.78, 5) is 12.1. The van der Waals surface area contributed by atoms with Crippen LogP contribution in [0, 0.1) is 11.3 Å². The minimum Gasteiger partial charge on any atom is -0.398 e. The van der Waals surface area contributed by atoms with Crippen LogP contribution in [0.2, 0.25) is 5.02 Å². The highest BCUT2D eigenvalue weighted by Crippen LogP contribution is 2.22. The lowest BCUT2D eigenvalue weighted by atomic mass is 10.1. The Hall–Kier alpha value is -2.51. The largest absolute Gasteiger partial charge is 0.398 e. The number of halogens is 1. The van der Waals surface area contributed by atoms with Crippen molar-refractivity contribution in [2.75, 3.05) is 11.1 Å². The number of rotatable bonds is 2. The van der Waals surface area contributed by atoms with Gasteiger partial charge >= 0.3 is 0 Å². The van der Waals surface area contributed by atoms with E-state index in [0.717, 1.165) is 0 Å². The van der Waals surface area contributed by atoms with Gasteiger partial charge in [-0.15, -0.1) is 0 Å². The third-order valence-corrected chi connectivity index (χ3v) is 2.79. The van der Waals surface area contributed by atoms with Crippen molar-refractivity contribution < 1.29 is 4.79 Å². The zero-order valence-electron chi connectivity index (χ0n) is 9.85. The molecule has 0 radical (unpaired) electrons. The van der Waals surface area contributed by atoms with Crippen molar-refractivity contribution in [1.82, 2.24) is 0 Å². The summed E-state index contributed by atoms with van der Waals surface area (Å²) in [6.45, 7) is 0. The molecular formula is C14H10ClN3O. The molecule has 1 amide bonds. The van der Waals surface area contributed by atoms with Crippen LogP contribution in [-0.4, -0.2) is 5.91 Å². The molecule has 0 atom stereocenters. The monoisotopic (exact) mass is 271 g/mol. The van der Waals surface area contributed by atoms with Crippen LogP contribution in [0.1, 0.15) is 15.9 Å². The second-order valence-corrected chi connectivity index (χ2v) is 4.28. The third-order valence-electron chi connectivity index (χ3n) is 2.56. The quantitative estimate of drug-likeness (QED) is 0.824. The Kier molecular flexibility index (Phi) is 3.69. The number of nitrogens with zero attached hydrogens (tertiary/aromatic N) is 1. The van der Waals surface area contributed by atoms with Crippen LogP contribution < -0.4 is 11.1 Å². The Bertz CT molecular complexity index is 677. The molecule has 0 saturated heterocycles. The lowest BCUT2D eigenvalue weighted by Gasteiger charge is -2.09.